The van der Waals surface area contributed by atoms with Crippen LogP contribution >= 0.6 is 0 Å². The summed E-state index contributed by atoms with van der Waals surface area (Å²) in [5, 5.41) is 11.4. The molecular formula is C39H60N6O7S. The molecule has 1 aromatic rings. The van der Waals surface area contributed by atoms with Gasteiger partial charge in [0.25, 0.3) is 5.91 Å². The highest BCUT2D eigenvalue weighted by molar-refractivity contribution is 7.89. The van der Waals surface area contributed by atoms with Gasteiger partial charge >= 0.3 is 6.03 Å². The Hall–Kier alpha value is -3.52. The van der Waals surface area contributed by atoms with E-state index in [1.165, 1.54) is 4.31 Å². The van der Waals surface area contributed by atoms with Crippen LogP contribution in [-0.2, 0) is 35.7 Å². The number of fused-ring (bicyclic) bond motifs is 2. The van der Waals surface area contributed by atoms with Gasteiger partial charge in [0.15, 0.2) is 0 Å². The standard InChI is InChI=1S/C39H60N6O7S/c1-8-10-19-27(33(46)35(48)40-9-2)41-34(47)32-30-26(39(30,6)7)22-45(32)36(49)31(24-16-12-11-13-17-24)43-37(50)42-29(38(3,4)5)23-44-21-25-18-14-15-20-28(25)53(44,51)52/h14-15,18,20,24,26-27,29-32H,8-13,16-17,19,21-23H2,1-7H3,(H,40,48)(H,41,47)(H2,42,43,50). The van der Waals surface area contributed by atoms with E-state index in [0.717, 1.165) is 38.5 Å². The molecule has 2 aliphatic heterocycles. The molecule has 0 bridgehead atoms. The fourth-order valence-corrected chi connectivity index (χ4v) is 10.4. The Kier molecular flexibility index (Phi) is 12.3. The van der Waals surface area contributed by atoms with Crippen molar-refractivity contribution in [2.75, 3.05) is 19.6 Å². The summed E-state index contributed by atoms with van der Waals surface area (Å²) in [6, 6.07) is 2.98. The summed E-state index contributed by atoms with van der Waals surface area (Å²) in [5.74, 6) is -2.43. The first kappa shape index (κ1) is 40.7. The number of carbonyl (C=O) groups excluding carboxylic acids is 5. The zero-order valence-corrected chi connectivity index (χ0v) is 33.3. The molecule has 294 valence electrons. The molecule has 1 saturated heterocycles. The second-order valence-electron chi connectivity index (χ2n) is 17.1. The molecule has 0 radical (unpaired) electrons. The van der Waals surface area contributed by atoms with Crippen molar-refractivity contribution in [1.82, 2.24) is 30.5 Å². The SMILES string of the molecule is CCCCC(NC(=O)C1C2C(CN1C(=O)C(NC(=O)NC(CN1Cc3ccccc3S1(=O)=O)C(C)(C)C)C1CCCCC1)C2(C)C)C(=O)C(=O)NCC. The summed E-state index contributed by atoms with van der Waals surface area (Å²) in [6.07, 6.45) is 6.07. The molecule has 2 heterocycles. The normalized spacial score (nSPS) is 25.0. The second-order valence-corrected chi connectivity index (χ2v) is 19.0. The van der Waals surface area contributed by atoms with E-state index in [9.17, 15) is 32.4 Å². The second kappa shape index (κ2) is 16.1. The Labute approximate surface area is 315 Å². The Morgan fingerprint density at radius 1 is 0.962 bits per heavy atom. The lowest BCUT2D eigenvalue weighted by Gasteiger charge is -2.38. The van der Waals surface area contributed by atoms with Crippen molar-refractivity contribution >= 4 is 39.6 Å². The number of likely N-dealkylation sites (tertiary alicyclic amines) is 1. The van der Waals surface area contributed by atoms with Gasteiger partial charge in [-0.3, -0.25) is 19.2 Å². The van der Waals surface area contributed by atoms with Crippen molar-refractivity contribution in [3.63, 3.8) is 0 Å². The highest BCUT2D eigenvalue weighted by atomic mass is 32.2. The van der Waals surface area contributed by atoms with Crippen LogP contribution in [0.2, 0.25) is 0 Å². The first-order chi connectivity index (χ1) is 24.9. The molecule has 4 N–H and O–H groups in total. The number of likely N-dealkylation sites (N-methyl/N-ethyl adjacent to an activating group) is 1. The molecule has 0 aromatic heterocycles. The molecule has 3 fully saturated rings. The molecule has 14 heteroatoms. The minimum absolute atomic E-state index is 0.0526. The van der Waals surface area contributed by atoms with Crippen LogP contribution in [0.3, 0.4) is 0 Å². The first-order valence-electron chi connectivity index (χ1n) is 19.5. The van der Waals surface area contributed by atoms with Gasteiger partial charge in [0.05, 0.1) is 10.9 Å². The predicted molar refractivity (Wildman–Crippen MR) is 201 cm³/mol. The number of amides is 5. The van der Waals surface area contributed by atoms with Crippen molar-refractivity contribution in [2.45, 2.75) is 135 Å². The number of hydrogen-bond acceptors (Lipinski definition) is 7. The summed E-state index contributed by atoms with van der Waals surface area (Å²) < 4.78 is 28.2. The molecule has 5 amide bonds. The van der Waals surface area contributed by atoms with Gasteiger partial charge in [-0.15, -0.1) is 0 Å². The number of ketones is 1. The highest BCUT2D eigenvalue weighted by Crippen LogP contribution is 2.65. The minimum Gasteiger partial charge on any atom is -0.350 e. The summed E-state index contributed by atoms with van der Waals surface area (Å²) in [6.45, 7) is 14.5. The van der Waals surface area contributed by atoms with Gasteiger partial charge in [-0.2, -0.15) is 4.31 Å². The summed E-state index contributed by atoms with van der Waals surface area (Å²) in [7, 11) is -3.74. The maximum Gasteiger partial charge on any atom is 0.315 e. The van der Waals surface area contributed by atoms with Crippen molar-refractivity contribution in [3.05, 3.63) is 29.8 Å². The van der Waals surface area contributed by atoms with Gasteiger partial charge in [0.1, 0.15) is 12.1 Å². The van der Waals surface area contributed by atoms with Crippen LogP contribution < -0.4 is 21.3 Å². The fraction of sp³-hybridized carbons (Fsp3) is 0.718. The number of benzene rings is 1. The lowest BCUT2D eigenvalue weighted by molar-refractivity contribution is -0.144. The van der Waals surface area contributed by atoms with Gasteiger partial charge in [-0.25, -0.2) is 13.2 Å². The van der Waals surface area contributed by atoms with Crippen molar-refractivity contribution < 1.29 is 32.4 Å². The van der Waals surface area contributed by atoms with Gasteiger partial charge < -0.3 is 26.2 Å². The molecule has 0 spiro atoms. The molecular weight excluding hydrogens is 697 g/mol. The number of urea groups is 1. The molecule has 2 saturated carbocycles. The quantitative estimate of drug-likeness (QED) is 0.210. The van der Waals surface area contributed by atoms with E-state index >= 15 is 0 Å². The van der Waals surface area contributed by atoms with Crippen molar-refractivity contribution in [1.29, 1.82) is 0 Å². The zero-order valence-electron chi connectivity index (χ0n) is 32.5. The van der Waals surface area contributed by atoms with Crippen LogP contribution in [0.4, 0.5) is 4.79 Å². The number of Topliss-reactive ketones (excluding diaryl/α,β-unsaturated/α-hetero) is 1. The molecule has 5 rings (SSSR count). The summed E-state index contributed by atoms with van der Waals surface area (Å²) in [4.78, 5) is 70.4. The number of hydrogen-bond donors (Lipinski definition) is 4. The topological polar surface area (TPSA) is 174 Å². The Morgan fingerprint density at radius 3 is 2.26 bits per heavy atom. The lowest BCUT2D eigenvalue weighted by Crippen LogP contribution is -2.61. The summed E-state index contributed by atoms with van der Waals surface area (Å²) in [5.41, 5.74) is -0.0122. The van der Waals surface area contributed by atoms with Gasteiger partial charge in [0, 0.05) is 32.2 Å². The summed E-state index contributed by atoms with van der Waals surface area (Å²) >= 11 is 0. The van der Waals surface area contributed by atoms with E-state index in [1.807, 2.05) is 33.8 Å². The first-order valence-corrected chi connectivity index (χ1v) is 20.9. The van der Waals surface area contributed by atoms with Crippen LogP contribution in [0, 0.1) is 28.6 Å². The van der Waals surface area contributed by atoms with Gasteiger partial charge in [0.2, 0.25) is 27.6 Å². The molecule has 53 heavy (non-hydrogen) atoms. The van der Waals surface area contributed by atoms with Crippen molar-refractivity contribution in [3.8, 4) is 0 Å². The number of sulfonamides is 1. The maximum atomic E-state index is 14.7. The third kappa shape index (κ3) is 8.58. The number of nitrogens with one attached hydrogen (secondary N) is 4. The van der Waals surface area contributed by atoms with Gasteiger partial charge in [-0.05, 0) is 66.4 Å². The van der Waals surface area contributed by atoms with E-state index in [-0.39, 0.29) is 53.6 Å². The Morgan fingerprint density at radius 2 is 1.64 bits per heavy atom. The third-order valence-corrected chi connectivity index (χ3v) is 14.1. The van der Waals surface area contributed by atoms with Crippen LogP contribution in [0.25, 0.3) is 0 Å². The molecule has 13 nitrogen and oxygen atoms in total. The molecule has 6 unspecified atom stereocenters. The number of carbonyl (C=O) groups is 5. The third-order valence-electron chi connectivity index (χ3n) is 12.1. The van der Waals surface area contributed by atoms with Crippen LogP contribution in [0.5, 0.6) is 0 Å². The van der Waals surface area contributed by atoms with E-state index in [1.54, 1.807) is 30.0 Å². The van der Waals surface area contributed by atoms with Crippen molar-refractivity contribution in [2.24, 2.45) is 28.6 Å². The Balaban J connectivity index is 1.35. The molecule has 6 atom stereocenters. The number of unbranched alkanes of at least 4 members (excludes halogenated alkanes) is 1. The molecule has 4 aliphatic rings. The smallest absolute Gasteiger partial charge is 0.315 e. The molecule has 2 aliphatic carbocycles. The number of nitrogens with zero attached hydrogens (tertiary/aromatic N) is 2. The van der Waals surface area contributed by atoms with Gasteiger partial charge in [-0.1, -0.05) is 91.8 Å². The predicted octanol–water partition coefficient (Wildman–Crippen LogP) is 3.72. The fourth-order valence-electron chi connectivity index (χ4n) is 8.72. The van der Waals surface area contributed by atoms with Crippen LogP contribution in [0.1, 0.15) is 105 Å². The Bertz CT molecular complexity index is 1670. The number of rotatable bonds is 14. The minimum atomic E-state index is -3.74. The monoisotopic (exact) mass is 756 g/mol. The van der Waals surface area contributed by atoms with E-state index in [4.69, 9.17) is 0 Å². The van der Waals surface area contributed by atoms with Crippen LogP contribution in [0.15, 0.2) is 29.2 Å². The largest absolute Gasteiger partial charge is 0.350 e. The number of piperidine rings is 1. The van der Waals surface area contributed by atoms with E-state index in [0.29, 0.717) is 24.9 Å². The average Bonchev–Trinajstić information content (AvgIpc) is 3.37. The highest BCUT2D eigenvalue weighted by Gasteiger charge is 2.69. The van der Waals surface area contributed by atoms with Crippen LogP contribution in [-0.4, -0.2) is 91.0 Å². The lowest BCUT2D eigenvalue weighted by atomic mass is 9.83. The molecule has 1 aromatic carbocycles. The van der Waals surface area contributed by atoms with E-state index < -0.39 is 63.2 Å². The zero-order chi connectivity index (χ0) is 38.9. The van der Waals surface area contributed by atoms with E-state index in [2.05, 4.69) is 35.1 Å². The average molecular weight is 757 g/mol. The maximum absolute atomic E-state index is 14.7.